The van der Waals surface area contributed by atoms with E-state index in [9.17, 15) is 4.79 Å². The normalized spacial score (nSPS) is 14.8. The third kappa shape index (κ3) is 5.55. The lowest BCUT2D eigenvalue weighted by atomic mass is 10.1. The minimum Gasteiger partial charge on any atom is -0.493 e. The zero-order valence-corrected chi connectivity index (χ0v) is 20.0. The Balaban J connectivity index is 0.00000432. The molecular weight excluding hydrogens is 440 g/mol. The topological polar surface area (TPSA) is 129 Å². The van der Waals surface area contributed by atoms with Crippen LogP contribution in [0.25, 0.3) is 0 Å². The van der Waals surface area contributed by atoms with Gasteiger partial charge in [0, 0.05) is 27.8 Å². The molecule has 0 saturated carbocycles. The van der Waals surface area contributed by atoms with Crippen molar-refractivity contribution < 1.29 is 28.0 Å². The van der Waals surface area contributed by atoms with Crippen LogP contribution in [0.2, 0.25) is 0 Å². The molecule has 0 saturated heterocycles. The van der Waals surface area contributed by atoms with Gasteiger partial charge >= 0.3 is 0 Å². The number of anilines is 3. The minimum atomic E-state index is -0.963. The summed E-state index contributed by atoms with van der Waals surface area (Å²) < 4.78 is 21.8. The molecular formula is C23H34N6O5. The van der Waals surface area contributed by atoms with Gasteiger partial charge in [-0.2, -0.15) is 4.98 Å². The van der Waals surface area contributed by atoms with Gasteiger partial charge in [-0.15, -0.1) is 0 Å². The number of amides is 1. The Morgan fingerprint density at radius 2 is 1.79 bits per heavy atom. The number of rotatable bonds is 9. The number of carbonyl (C=O) groups is 1. The third-order valence-electron chi connectivity index (χ3n) is 4.78. The molecule has 1 amide bonds. The summed E-state index contributed by atoms with van der Waals surface area (Å²) >= 11 is 0. The number of carbonyl (C=O) groups excluding carboxylic acids is 1. The second-order valence-electron chi connectivity index (χ2n) is 7.71. The van der Waals surface area contributed by atoms with Crippen molar-refractivity contribution in [2.24, 2.45) is 0 Å². The van der Waals surface area contributed by atoms with Crippen molar-refractivity contribution in [3.05, 3.63) is 54.3 Å². The zero-order chi connectivity index (χ0) is 24.9. The van der Waals surface area contributed by atoms with Crippen LogP contribution in [0, 0.1) is 0 Å². The van der Waals surface area contributed by atoms with E-state index < -0.39 is 5.60 Å². The van der Waals surface area contributed by atoms with Crippen molar-refractivity contribution in [1.82, 2.24) is 20.3 Å². The molecule has 3 N–H and O–H groups in total. The molecule has 1 aliphatic rings. The Labute approximate surface area is 202 Å². The fourth-order valence-corrected chi connectivity index (χ4v) is 3.00. The first-order valence-electron chi connectivity index (χ1n) is 10.3. The van der Waals surface area contributed by atoms with Crippen molar-refractivity contribution in [3.8, 4) is 17.2 Å². The van der Waals surface area contributed by atoms with Crippen LogP contribution >= 0.6 is 0 Å². The number of nitrogens with zero attached hydrogens (tertiary/aromatic N) is 3. The van der Waals surface area contributed by atoms with Gasteiger partial charge in [-0.3, -0.25) is 4.79 Å². The summed E-state index contributed by atoms with van der Waals surface area (Å²) in [6, 6.07) is 3.47. The van der Waals surface area contributed by atoms with E-state index in [1.165, 1.54) is 27.7 Å². The van der Waals surface area contributed by atoms with E-state index in [0.717, 1.165) is 0 Å². The van der Waals surface area contributed by atoms with E-state index in [2.05, 4.69) is 37.5 Å². The maximum Gasteiger partial charge on any atom is 0.267 e. The zero-order valence-electron chi connectivity index (χ0n) is 20.0. The highest BCUT2D eigenvalue weighted by atomic mass is 16.5. The Bertz CT molecular complexity index is 1150. The number of hydrogen-bond acceptors (Lipinski definition) is 10. The lowest BCUT2D eigenvalue weighted by Crippen LogP contribution is -2.47. The Hall–Kier alpha value is -4.28. The van der Waals surface area contributed by atoms with Crippen LogP contribution in [0.15, 0.2) is 54.3 Å². The molecule has 0 aliphatic carbocycles. The third-order valence-corrected chi connectivity index (χ3v) is 4.78. The molecule has 0 radical (unpaired) electrons. The first-order valence-corrected chi connectivity index (χ1v) is 10.3. The summed E-state index contributed by atoms with van der Waals surface area (Å²) in [6.45, 7) is 9.11. The predicted molar refractivity (Wildman–Crippen MR) is 133 cm³/mol. The lowest BCUT2D eigenvalue weighted by molar-refractivity contribution is -0.139. The second kappa shape index (κ2) is 10.1. The summed E-state index contributed by atoms with van der Waals surface area (Å²) in [7, 11) is 4.61. The van der Waals surface area contributed by atoms with Gasteiger partial charge in [-0.05, 0) is 32.9 Å². The van der Waals surface area contributed by atoms with Gasteiger partial charge in [-0.1, -0.05) is 6.58 Å². The van der Waals surface area contributed by atoms with E-state index >= 15 is 0 Å². The van der Waals surface area contributed by atoms with E-state index in [1.807, 2.05) is 0 Å². The van der Waals surface area contributed by atoms with Crippen LogP contribution in [0.1, 0.15) is 25.1 Å². The van der Waals surface area contributed by atoms with Gasteiger partial charge < -0.3 is 34.9 Å². The van der Waals surface area contributed by atoms with Gasteiger partial charge in [-0.25, -0.2) is 9.97 Å². The van der Waals surface area contributed by atoms with Crippen LogP contribution in [0.3, 0.4) is 0 Å². The molecule has 0 fully saturated rings. The summed E-state index contributed by atoms with van der Waals surface area (Å²) in [5.41, 5.74) is 0.788. The fraction of sp³-hybridized carbons (Fsp3) is 0.304. The number of ether oxygens (including phenoxy) is 4. The van der Waals surface area contributed by atoms with Gasteiger partial charge in [0.15, 0.2) is 17.1 Å². The first-order chi connectivity index (χ1) is 16.2. The first kappa shape index (κ1) is 24.4. The van der Waals surface area contributed by atoms with Crippen LogP contribution < -0.4 is 30.2 Å². The molecule has 2 aromatic rings. The summed E-state index contributed by atoms with van der Waals surface area (Å²) in [4.78, 5) is 24.6. The minimum absolute atomic E-state index is 0. The Morgan fingerprint density at radius 3 is 2.41 bits per heavy atom. The predicted octanol–water partition coefficient (Wildman–Crippen LogP) is 4.02. The maximum atomic E-state index is 11.9. The average molecular weight is 475 g/mol. The highest BCUT2D eigenvalue weighted by Crippen LogP contribution is 2.40. The molecule has 0 atom stereocenters. The molecule has 34 heavy (non-hydrogen) atoms. The van der Waals surface area contributed by atoms with Crippen molar-refractivity contribution in [2.45, 2.75) is 26.4 Å². The summed E-state index contributed by atoms with van der Waals surface area (Å²) in [5.74, 6) is 2.37. The molecule has 0 spiro atoms. The van der Waals surface area contributed by atoms with Crippen molar-refractivity contribution in [3.63, 3.8) is 0 Å². The monoisotopic (exact) mass is 474 g/mol. The molecule has 1 aromatic heterocycles. The number of nitrogens with one attached hydrogen (secondary N) is 3. The van der Waals surface area contributed by atoms with Crippen LogP contribution in [-0.2, 0) is 9.53 Å². The molecule has 2 heterocycles. The van der Waals surface area contributed by atoms with E-state index in [-0.39, 0.29) is 16.1 Å². The highest BCUT2D eigenvalue weighted by molar-refractivity contribution is 5.87. The van der Waals surface area contributed by atoms with Gasteiger partial charge in [0.05, 0.1) is 27.0 Å². The van der Waals surface area contributed by atoms with Crippen molar-refractivity contribution >= 4 is 23.5 Å². The van der Waals surface area contributed by atoms with Gasteiger partial charge in [0.1, 0.15) is 12.1 Å². The lowest BCUT2D eigenvalue weighted by Gasteiger charge is -2.31. The summed E-state index contributed by atoms with van der Waals surface area (Å²) in [5, 5.41) is 8.88. The fourth-order valence-electron chi connectivity index (χ4n) is 3.00. The quantitative estimate of drug-likeness (QED) is 0.458. The molecule has 0 bridgehead atoms. The van der Waals surface area contributed by atoms with E-state index in [0.29, 0.717) is 46.0 Å². The molecule has 11 heteroatoms. The highest BCUT2D eigenvalue weighted by Gasteiger charge is 2.34. The molecule has 1 aromatic carbocycles. The number of aromatic nitrogens is 3. The molecule has 11 nitrogen and oxygen atoms in total. The van der Waals surface area contributed by atoms with Crippen LogP contribution in [0.4, 0.5) is 17.6 Å². The largest absolute Gasteiger partial charge is 0.493 e. The maximum absolute atomic E-state index is 11.9. The average Bonchev–Trinajstić information content (AvgIpc) is 2.80. The molecule has 186 valence electrons. The van der Waals surface area contributed by atoms with E-state index in [1.54, 1.807) is 45.1 Å². The Kier molecular flexibility index (Phi) is 7.24. The standard InChI is InChI=1S/C23H28N6O5.3H2/c1-13(8-9-16-14(2)27-20(30)23(3,4)34-16)26-21-24-12-25-22(29-21)28-15-10-17(31-5)19(33-7)18(11-15)32-6;;;/h8-12H,1H2,2-7H3,(H,27,30)(H2,24,25,26,28,29);3*1H/b9-8-;;;. The van der Waals surface area contributed by atoms with Gasteiger partial charge in [0.25, 0.3) is 5.91 Å². The molecule has 0 unspecified atom stereocenters. The Morgan fingerprint density at radius 1 is 1.15 bits per heavy atom. The van der Waals surface area contributed by atoms with Crippen LogP contribution in [0.5, 0.6) is 17.2 Å². The van der Waals surface area contributed by atoms with E-state index in [4.69, 9.17) is 18.9 Å². The van der Waals surface area contributed by atoms with Crippen molar-refractivity contribution in [2.75, 3.05) is 32.0 Å². The van der Waals surface area contributed by atoms with Gasteiger partial charge in [0.2, 0.25) is 17.6 Å². The SMILES string of the molecule is C=C(/C=C\C1=C(C)NC(=O)C(C)(C)O1)Nc1ncnc(Nc2cc(OC)c(OC)c(OC)c2)n1.[HH].[HH].[HH]. The smallest absolute Gasteiger partial charge is 0.267 e. The molecule has 3 rings (SSSR count). The van der Waals surface area contributed by atoms with Crippen LogP contribution in [-0.4, -0.2) is 47.8 Å². The number of benzene rings is 1. The molecule has 1 aliphatic heterocycles. The van der Waals surface area contributed by atoms with Crippen molar-refractivity contribution in [1.29, 1.82) is 0 Å². The second-order valence-corrected chi connectivity index (χ2v) is 7.71. The summed E-state index contributed by atoms with van der Waals surface area (Å²) in [6.07, 6.45) is 4.77. The number of methoxy groups -OCH3 is 3. The number of hydrogen-bond donors (Lipinski definition) is 3. The number of allylic oxidation sites excluding steroid dienone is 3.